The van der Waals surface area contributed by atoms with E-state index in [9.17, 15) is 9.59 Å². The van der Waals surface area contributed by atoms with Gasteiger partial charge in [-0.15, -0.1) is 0 Å². The van der Waals surface area contributed by atoms with Crippen LogP contribution in [0.1, 0.15) is 24.1 Å². The summed E-state index contributed by atoms with van der Waals surface area (Å²) in [5, 5.41) is 5.04. The number of morpholine rings is 1. The van der Waals surface area contributed by atoms with Gasteiger partial charge in [-0.05, 0) is 48.9 Å². The molecule has 0 saturated carbocycles. The zero-order valence-corrected chi connectivity index (χ0v) is 20.3. The lowest BCUT2D eigenvalue weighted by Gasteiger charge is -2.29. The molecule has 1 aliphatic heterocycles. The Morgan fingerprint density at radius 2 is 1.94 bits per heavy atom. The first-order valence-corrected chi connectivity index (χ1v) is 12.0. The highest BCUT2D eigenvalue weighted by Gasteiger charge is 2.23. The fourth-order valence-corrected chi connectivity index (χ4v) is 4.69. The highest BCUT2D eigenvalue weighted by Crippen LogP contribution is 2.36. The van der Waals surface area contributed by atoms with Crippen LogP contribution in [0.4, 0.5) is 10.1 Å². The summed E-state index contributed by atoms with van der Waals surface area (Å²) in [5.41, 5.74) is 2.69. The van der Waals surface area contributed by atoms with Gasteiger partial charge in [-0.1, -0.05) is 11.6 Å². The molecule has 1 fully saturated rings. The predicted molar refractivity (Wildman–Crippen MR) is 135 cm³/mol. The van der Waals surface area contributed by atoms with Crippen LogP contribution >= 0.6 is 11.6 Å². The van der Waals surface area contributed by atoms with Gasteiger partial charge >= 0.3 is 0 Å². The normalized spacial score (nSPS) is 14.7. The molecule has 0 amide bonds. The number of carbonyl (C=O) groups is 1. The fourth-order valence-electron chi connectivity index (χ4n) is 4.42. The van der Waals surface area contributed by atoms with Gasteiger partial charge in [-0.25, -0.2) is 19.0 Å². The molecule has 3 heterocycles. The number of benzene rings is 2. The third kappa shape index (κ3) is 4.47. The summed E-state index contributed by atoms with van der Waals surface area (Å²) in [6, 6.07) is 11.3. The quantitative estimate of drug-likeness (QED) is 0.366. The van der Waals surface area contributed by atoms with E-state index in [1.54, 1.807) is 6.92 Å². The van der Waals surface area contributed by atoms with Crippen molar-refractivity contribution in [1.82, 2.24) is 19.7 Å². The number of rotatable bonds is 6. The molecule has 2 aromatic carbocycles. The van der Waals surface area contributed by atoms with Gasteiger partial charge in [0.05, 0.1) is 36.0 Å². The molecule has 2 aromatic heterocycles. The highest BCUT2D eigenvalue weighted by atomic mass is 35.5. The number of aromatic nitrogens is 4. The number of hydrogen-bond acceptors (Lipinski definition) is 7. The van der Waals surface area contributed by atoms with Crippen LogP contribution in [0.2, 0.25) is 5.02 Å². The Hall–Kier alpha value is -3.69. The Balaban J connectivity index is 1.60. The number of hydrogen-bond donors (Lipinski definition) is 0. The van der Waals surface area contributed by atoms with Crippen molar-refractivity contribution in [1.29, 1.82) is 0 Å². The van der Waals surface area contributed by atoms with Gasteiger partial charge in [0.25, 0.3) is 5.56 Å². The smallest absolute Gasteiger partial charge is 0.266 e. The molecule has 1 aliphatic rings. The number of aryl methyl sites for hydroxylation is 1. The Morgan fingerprint density at radius 3 is 2.69 bits per heavy atom. The van der Waals surface area contributed by atoms with Gasteiger partial charge in [-0.2, -0.15) is 5.10 Å². The molecule has 1 saturated heterocycles. The van der Waals surface area contributed by atoms with E-state index in [1.807, 2.05) is 18.2 Å². The van der Waals surface area contributed by atoms with Crippen LogP contribution in [0.5, 0.6) is 0 Å². The molecule has 0 radical (unpaired) electrons. The Kier molecular flexibility index (Phi) is 6.75. The van der Waals surface area contributed by atoms with Crippen molar-refractivity contribution in [2.75, 3.05) is 31.2 Å². The molecule has 36 heavy (non-hydrogen) atoms. The maximum atomic E-state index is 15.2. The zero-order valence-electron chi connectivity index (χ0n) is 19.5. The zero-order chi connectivity index (χ0) is 25.2. The molecule has 0 spiro atoms. The Morgan fingerprint density at radius 1 is 1.14 bits per heavy atom. The van der Waals surface area contributed by atoms with Crippen molar-refractivity contribution in [3.63, 3.8) is 0 Å². The van der Waals surface area contributed by atoms with Crippen molar-refractivity contribution < 1.29 is 13.9 Å². The molecule has 0 bridgehead atoms. The minimum Gasteiger partial charge on any atom is -0.378 e. The second kappa shape index (κ2) is 10.1. The third-order valence-electron chi connectivity index (χ3n) is 6.31. The summed E-state index contributed by atoms with van der Waals surface area (Å²) in [7, 11) is 0. The topological polar surface area (TPSA) is 90.2 Å². The van der Waals surface area contributed by atoms with E-state index in [0.29, 0.717) is 53.9 Å². The van der Waals surface area contributed by atoms with Gasteiger partial charge < -0.3 is 14.4 Å². The third-order valence-corrected chi connectivity index (χ3v) is 6.64. The molecular weight excluding hydrogens is 485 g/mol. The molecule has 10 heteroatoms. The second-order valence-electron chi connectivity index (χ2n) is 8.40. The standard InChI is InChI=1S/C26H23ClFN5O3/c1-2-33-25(35)6-5-23(31-33)20(14-34)18-12-19(22(28)13-21(18)27)26-17-4-3-16(11-24(17)29-15-30-26)32-7-9-36-10-8-32/h3-6,11-15,20H,2,7-10H2,1H3. The first-order valence-electron chi connectivity index (χ1n) is 11.6. The molecule has 5 rings (SSSR count). The van der Waals surface area contributed by atoms with E-state index in [2.05, 4.69) is 20.0 Å². The number of anilines is 1. The summed E-state index contributed by atoms with van der Waals surface area (Å²) in [6.07, 6.45) is 2.08. The second-order valence-corrected chi connectivity index (χ2v) is 8.81. The lowest BCUT2D eigenvalue weighted by atomic mass is 9.93. The molecule has 8 nitrogen and oxygen atoms in total. The number of carbonyl (C=O) groups excluding carboxylic acids is 1. The SMILES string of the molecule is CCn1nc(C(C=O)c2cc(-c3ncnc4cc(N5CCOCC5)ccc34)c(F)cc2Cl)ccc1=O. The van der Waals surface area contributed by atoms with Crippen LogP contribution in [0.3, 0.4) is 0 Å². The number of nitrogens with zero attached hydrogens (tertiary/aromatic N) is 5. The van der Waals surface area contributed by atoms with Gasteiger partial charge in [0.2, 0.25) is 0 Å². The number of halogens is 2. The average Bonchev–Trinajstić information content (AvgIpc) is 2.91. The van der Waals surface area contributed by atoms with Crippen molar-refractivity contribution in [2.24, 2.45) is 0 Å². The molecule has 4 aromatic rings. The molecular formula is C26H23ClFN5O3. The molecule has 1 atom stereocenters. The van der Waals surface area contributed by atoms with E-state index in [0.717, 1.165) is 18.8 Å². The number of aldehydes is 1. The maximum absolute atomic E-state index is 15.2. The van der Waals surface area contributed by atoms with E-state index in [-0.39, 0.29) is 16.1 Å². The van der Waals surface area contributed by atoms with Crippen LogP contribution in [-0.2, 0) is 16.1 Å². The monoisotopic (exact) mass is 507 g/mol. The minimum atomic E-state index is -0.892. The van der Waals surface area contributed by atoms with Crippen LogP contribution in [0.25, 0.3) is 22.2 Å². The lowest BCUT2D eigenvalue weighted by Crippen LogP contribution is -2.36. The summed E-state index contributed by atoms with van der Waals surface area (Å²) < 4.78 is 21.9. The molecule has 184 valence electrons. The van der Waals surface area contributed by atoms with Crippen LogP contribution in [-0.4, -0.2) is 52.3 Å². The Bertz CT molecular complexity index is 1500. The van der Waals surface area contributed by atoms with Crippen LogP contribution in [0.15, 0.2) is 53.6 Å². The number of fused-ring (bicyclic) bond motifs is 1. The molecule has 0 aliphatic carbocycles. The number of ether oxygens (including phenoxy) is 1. The average molecular weight is 508 g/mol. The van der Waals surface area contributed by atoms with Gasteiger partial charge in [0.15, 0.2) is 0 Å². The highest BCUT2D eigenvalue weighted by molar-refractivity contribution is 6.31. The largest absolute Gasteiger partial charge is 0.378 e. The van der Waals surface area contributed by atoms with Gasteiger partial charge in [0, 0.05) is 47.4 Å². The predicted octanol–water partition coefficient (Wildman–Crippen LogP) is 3.83. The van der Waals surface area contributed by atoms with Gasteiger partial charge in [0.1, 0.15) is 18.4 Å². The minimum absolute atomic E-state index is 0.0809. The van der Waals surface area contributed by atoms with Crippen molar-refractivity contribution in [3.8, 4) is 11.3 Å². The lowest BCUT2D eigenvalue weighted by molar-refractivity contribution is -0.108. The van der Waals surface area contributed by atoms with Crippen molar-refractivity contribution in [2.45, 2.75) is 19.4 Å². The van der Waals surface area contributed by atoms with Crippen LogP contribution in [0, 0.1) is 5.82 Å². The van der Waals surface area contributed by atoms with Gasteiger partial charge in [-0.3, -0.25) is 4.79 Å². The summed E-state index contributed by atoms with van der Waals surface area (Å²) in [5.74, 6) is -1.46. The van der Waals surface area contributed by atoms with E-state index >= 15 is 4.39 Å². The Labute approximate surface area is 211 Å². The molecule has 0 N–H and O–H groups in total. The molecule has 1 unspecified atom stereocenters. The maximum Gasteiger partial charge on any atom is 0.266 e. The summed E-state index contributed by atoms with van der Waals surface area (Å²) in [6.45, 7) is 5.01. The first kappa shape index (κ1) is 24.0. The summed E-state index contributed by atoms with van der Waals surface area (Å²) in [4.78, 5) is 35.1. The fraction of sp³-hybridized carbons (Fsp3) is 0.269. The summed E-state index contributed by atoms with van der Waals surface area (Å²) >= 11 is 6.40. The van der Waals surface area contributed by atoms with Crippen LogP contribution < -0.4 is 10.5 Å². The first-order chi connectivity index (χ1) is 17.5. The van der Waals surface area contributed by atoms with Crippen molar-refractivity contribution >= 4 is 34.5 Å². The van der Waals surface area contributed by atoms with E-state index in [1.165, 1.54) is 35.3 Å². The van der Waals surface area contributed by atoms with Crippen molar-refractivity contribution in [3.05, 3.63) is 81.2 Å². The van der Waals surface area contributed by atoms with E-state index in [4.69, 9.17) is 16.3 Å². The van der Waals surface area contributed by atoms with E-state index < -0.39 is 11.7 Å².